The fourth-order valence-corrected chi connectivity index (χ4v) is 2.90. The molecule has 2 unspecified atom stereocenters. The normalized spacial score (nSPS) is 25.0. The monoisotopic (exact) mass is 225 g/mol. The number of benzene rings is 2. The molecule has 0 spiro atoms. The zero-order valence-corrected chi connectivity index (χ0v) is 10.3. The molecule has 0 aliphatic carbocycles. The first-order chi connectivity index (χ1) is 8.34. The summed E-state index contributed by atoms with van der Waals surface area (Å²) in [6.07, 6.45) is 2.65. The Morgan fingerprint density at radius 3 is 2.71 bits per heavy atom. The van der Waals surface area contributed by atoms with Gasteiger partial charge in [-0.2, -0.15) is 0 Å². The Morgan fingerprint density at radius 1 is 1.06 bits per heavy atom. The van der Waals surface area contributed by atoms with Crippen molar-refractivity contribution in [2.75, 3.05) is 6.54 Å². The summed E-state index contributed by atoms with van der Waals surface area (Å²) >= 11 is 0. The highest BCUT2D eigenvalue weighted by Crippen LogP contribution is 2.30. The molecule has 1 saturated heterocycles. The van der Waals surface area contributed by atoms with Crippen LogP contribution in [0.3, 0.4) is 0 Å². The smallest absolute Gasteiger partial charge is 0.0346 e. The van der Waals surface area contributed by atoms with Crippen LogP contribution < -0.4 is 5.32 Å². The molecule has 1 heteroatoms. The number of hydrogen-bond acceptors (Lipinski definition) is 1. The minimum absolute atomic E-state index is 0.536. The molecule has 1 heterocycles. The topological polar surface area (TPSA) is 12.0 Å². The number of piperidine rings is 1. The molecule has 1 aliphatic rings. The van der Waals surface area contributed by atoms with Gasteiger partial charge in [-0.15, -0.1) is 0 Å². The van der Waals surface area contributed by atoms with Crippen molar-refractivity contribution in [3.05, 3.63) is 48.0 Å². The van der Waals surface area contributed by atoms with Gasteiger partial charge < -0.3 is 5.32 Å². The van der Waals surface area contributed by atoms with Gasteiger partial charge in [0.05, 0.1) is 0 Å². The summed E-state index contributed by atoms with van der Waals surface area (Å²) in [5.41, 5.74) is 1.44. The molecule has 1 aliphatic heterocycles. The predicted octanol–water partition coefficient (Wildman–Crippen LogP) is 3.90. The van der Waals surface area contributed by atoms with Gasteiger partial charge >= 0.3 is 0 Å². The molecular formula is C16H19N. The van der Waals surface area contributed by atoms with Crippen molar-refractivity contribution in [1.82, 2.24) is 5.32 Å². The first-order valence-electron chi connectivity index (χ1n) is 6.57. The minimum atomic E-state index is 0.536. The van der Waals surface area contributed by atoms with E-state index in [0.717, 1.165) is 12.5 Å². The van der Waals surface area contributed by atoms with E-state index >= 15 is 0 Å². The van der Waals surface area contributed by atoms with Gasteiger partial charge in [-0.3, -0.25) is 0 Å². The van der Waals surface area contributed by atoms with Crippen LogP contribution in [0.5, 0.6) is 0 Å². The van der Waals surface area contributed by atoms with E-state index < -0.39 is 0 Å². The van der Waals surface area contributed by atoms with E-state index in [1.165, 1.54) is 29.2 Å². The molecule has 17 heavy (non-hydrogen) atoms. The highest BCUT2D eigenvalue weighted by Gasteiger charge is 2.22. The molecule has 2 atom stereocenters. The first-order valence-corrected chi connectivity index (χ1v) is 6.57. The molecule has 0 amide bonds. The number of rotatable bonds is 1. The van der Waals surface area contributed by atoms with Crippen molar-refractivity contribution >= 4 is 10.8 Å². The van der Waals surface area contributed by atoms with Gasteiger partial charge in [0.15, 0.2) is 0 Å². The number of hydrogen-bond donors (Lipinski definition) is 1. The van der Waals surface area contributed by atoms with Crippen LogP contribution in [0.2, 0.25) is 0 Å². The molecule has 0 aromatic heterocycles. The van der Waals surface area contributed by atoms with E-state index in [0.29, 0.717) is 6.04 Å². The Kier molecular flexibility index (Phi) is 2.86. The molecule has 1 N–H and O–H groups in total. The largest absolute Gasteiger partial charge is 0.310 e. The standard InChI is InChI=1S/C16H19N/c1-12-5-4-10-17-16(12)15-9-8-13-6-2-3-7-14(13)11-15/h2-3,6-9,11-12,16-17H,4-5,10H2,1H3. The van der Waals surface area contributed by atoms with Gasteiger partial charge in [0, 0.05) is 6.04 Å². The molecule has 0 radical (unpaired) electrons. The van der Waals surface area contributed by atoms with Crippen LogP contribution in [0.25, 0.3) is 10.8 Å². The Hall–Kier alpha value is -1.34. The summed E-state index contributed by atoms with van der Waals surface area (Å²) < 4.78 is 0. The van der Waals surface area contributed by atoms with Crippen LogP contribution in [-0.2, 0) is 0 Å². The Balaban J connectivity index is 1.99. The SMILES string of the molecule is CC1CCCNC1c1ccc2ccccc2c1. The summed E-state index contributed by atoms with van der Waals surface area (Å²) in [4.78, 5) is 0. The van der Waals surface area contributed by atoms with Crippen molar-refractivity contribution < 1.29 is 0 Å². The average molecular weight is 225 g/mol. The van der Waals surface area contributed by atoms with Gasteiger partial charge in [0.2, 0.25) is 0 Å². The Labute approximate surface area is 103 Å². The van der Waals surface area contributed by atoms with Crippen LogP contribution >= 0.6 is 0 Å². The van der Waals surface area contributed by atoms with E-state index in [4.69, 9.17) is 0 Å². The van der Waals surface area contributed by atoms with Crippen molar-refractivity contribution in [2.24, 2.45) is 5.92 Å². The van der Waals surface area contributed by atoms with E-state index in [1.807, 2.05) is 0 Å². The third kappa shape index (κ3) is 2.07. The summed E-state index contributed by atoms with van der Waals surface area (Å²) in [7, 11) is 0. The Morgan fingerprint density at radius 2 is 1.88 bits per heavy atom. The maximum atomic E-state index is 3.65. The summed E-state index contributed by atoms with van der Waals surface area (Å²) in [6.45, 7) is 3.51. The van der Waals surface area contributed by atoms with Crippen LogP contribution in [0.15, 0.2) is 42.5 Å². The quantitative estimate of drug-likeness (QED) is 0.776. The molecule has 2 aromatic carbocycles. The van der Waals surface area contributed by atoms with E-state index in [9.17, 15) is 0 Å². The van der Waals surface area contributed by atoms with Crippen molar-refractivity contribution in [3.8, 4) is 0 Å². The van der Waals surface area contributed by atoms with Crippen molar-refractivity contribution in [2.45, 2.75) is 25.8 Å². The third-order valence-electron chi connectivity index (χ3n) is 3.90. The second-order valence-corrected chi connectivity index (χ2v) is 5.16. The first kappa shape index (κ1) is 10.8. The molecule has 0 bridgehead atoms. The fourth-order valence-electron chi connectivity index (χ4n) is 2.90. The number of fused-ring (bicyclic) bond motifs is 1. The maximum Gasteiger partial charge on any atom is 0.0346 e. The van der Waals surface area contributed by atoms with Crippen molar-refractivity contribution in [1.29, 1.82) is 0 Å². The molecule has 88 valence electrons. The average Bonchev–Trinajstić information content (AvgIpc) is 2.39. The molecule has 3 rings (SSSR count). The van der Waals surface area contributed by atoms with Crippen LogP contribution in [-0.4, -0.2) is 6.54 Å². The third-order valence-corrected chi connectivity index (χ3v) is 3.90. The van der Waals surface area contributed by atoms with Crippen LogP contribution in [0, 0.1) is 5.92 Å². The predicted molar refractivity (Wildman–Crippen MR) is 73.1 cm³/mol. The van der Waals surface area contributed by atoms with Crippen LogP contribution in [0.4, 0.5) is 0 Å². The minimum Gasteiger partial charge on any atom is -0.310 e. The van der Waals surface area contributed by atoms with Gasteiger partial charge in [0.1, 0.15) is 0 Å². The lowest BCUT2D eigenvalue weighted by Gasteiger charge is -2.30. The molecule has 1 nitrogen and oxygen atoms in total. The molecular weight excluding hydrogens is 206 g/mol. The lowest BCUT2D eigenvalue weighted by Crippen LogP contribution is -2.32. The van der Waals surface area contributed by atoms with Gasteiger partial charge in [-0.05, 0) is 47.7 Å². The lowest BCUT2D eigenvalue weighted by molar-refractivity contribution is 0.306. The van der Waals surface area contributed by atoms with Crippen LogP contribution in [0.1, 0.15) is 31.4 Å². The number of nitrogens with one attached hydrogen (secondary N) is 1. The zero-order valence-electron chi connectivity index (χ0n) is 10.3. The Bertz CT molecular complexity index is 518. The van der Waals surface area contributed by atoms with Gasteiger partial charge in [-0.1, -0.05) is 43.3 Å². The summed E-state index contributed by atoms with van der Waals surface area (Å²) in [5.74, 6) is 0.741. The van der Waals surface area contributed by atoms with Crippen molar-refractivity contribution in [3.63, 3.8) is 0 Å². The lowest BCUT2D eigenvalue weighted by atomic mass is 9.87. The molecule has 0 saturated carbocycles. The second kappa shape index (κ2) is 4.50. The highest BCUT2D eigenvalue weighted by atomic mass is 14.9. The van der Waals surface area contributed by atoms with E-state index in [1.54, 1.807) is 0 Å². The van der Waals surface area contributed by atoms with Gasteiger partial charge in [0.25, 0.3) is 0 Å². The maximum absolute atomic E-state index is 3.65. The fraction of sp³-hybridized carbons (Fsp3) is 0.375. The molecule has 2 aromatic rings. The van der Waals surface area contributed by atoms with E-state index in [-0.39, 0.29) is 0 Å². The van der Waals surface area contributed by atoms with Gasteiger partial charge in [-0.25, -0.2) is 0 Å². The summed E-state index contributed by atoms with van der Waals surface area (Å²) in [6, 6.07) is 16.0. The van der Waals surface area contributed by atoms with E-state index in [2.05, 4.69) is 54.7 Å². The highest BCUT2D eigenvalue weighted by molar-refractivity contribution is 5.83. The summed E-state index contributed by atoms with van der Waals surface area (Å²) in [5, 5.41) is 6.33. The second-order valence-electron chi connectivity index (χ2n) is 5.16. The zero-order chi connectivity index (χ0) is 11.7. The molecule has 1 fully saturated rings.